The first kappa shape index (κ1) is 21.9. The fourth-order valence-corrected chi connectivity index (χ4v) is 5.00. The monoisotopic (exact) mass is 446 g/mol. The van der Waals surface area contributed by atoms with Crippen LogP contribution in [0.3, 0.4) is 0 Å². The van der Waals surface area contributed by atoms with Gasteiger partial charge < -0.3 is 4.74 Å². The Bertz CT molecular complexity index is 1020. The zero-order valence-corrected chi connectivity index (χ0v) is 18.1. The molecule has 8 heteroatoms. The Labute approximate surface area is 182 Å². The highest BCUT2D eigenvalue weighted by Gasteiger charge is 2.30. The van der Waals surface area contributed by atoms with Crippen LogP contribution < -0.4 is 9.57 Å². The fraction of sp³-hybridized carbons (Fsp3) is 0.435. The number of halogens is 1. The summed E-state index contributed by atoms with van der Waals surface area (Å²) in [6, 6.07) is 12.3. The molecule has 0 bridgehead atoms. The van der Waals surface area contributed by atoms with Gasteiger partial charge in [-0.2, -0.15) is 0 Å². The van der Waals surface area contributed by atoms with Crippen molar-refractivity contribution in [3.05, 3.63) is 59.9 Å². The molecule has 4 rings (SSSR count). The van der Waals surface area contributed by atoms with E-state index in [9.17, 15) is 17.6 Å². The van der Waals surface area contributed by atoms with Gasteiger partial charge in [0.2, 0.25) is 0 Å². The maximum Gasteiger partial charge on any atom is 0.253 e. The van der Waals surface area contributed by atoms with Gasteiger partial charge in [-0.25, -0.2) is 17.8 Å². The molecule has 1 aliphatic heterocycles. The van der Waals surface area contributed by atoms with E-state index in [-0.39, 0.29) is 16.6 Å². The first-order valence-electron chi connectivity index (χ1n) is 10.7. The van der Waals surface area contributed by atoms with E-state index in [1.54, 1.807) is 5.01 Å². The molecule has 2 aromatic carbocycles. The van der Waals surface area contributed by atoms with E-state index in [0.29, 0.717) is 25.6 Å². The summed E-state index contributed by atoms with van der Waals surface area (Å²) >= 11 is 0. The molecule has 0 unspecified atom stereocenters. The summed E-state index contributed by atoms with van der Waals surface area (Å²) in [6.07, 6.45) is 4.68. The van der Waals surface area contributed by atoms with Crippen LogP contribution in [0.15, 0.2) is 53.4 Å². The van der Waals surface area contributed by atoms with Crippen molar-refractivity contribution in [3.63, 3.8) is 0 Å². The van der Waals surface area contributed by atoms with Crippen molar-refractivity contribution in [1.82, 2.24) is 9.84 Å². The van der Waals surface area contributed by atoms with Gasteiger partial charge in [0.25, 0.3) is 10.0 Å². The van der Waals surface area contributed by atoms with Crippen molar-refractivity contribution >= 4 is 15.8 Å². The van der Waals surface area contributed by atoms with E-state index in [1.807, 2.05) is 24.3 Å². The molecule has 2 fully saturated rings. The van der Waals surface area contributed by atoms with Crippen LogP contribution in [0.5, 0.6) is 5.75 Å². The van der Waals surface area contributed by atoms with Crippen molar-refractivity contribution in [2.24, 2.45) is 11.8 Å². The molecule has 2 aromatic rings. The summed E-state index contributed by atoms with van der Waals surface area (Å²) in [5, 5.41) is 1.68. The van der Waals surface area contributed by atoms with Gasteiger partial charge in [0.1, 0.15) is 11.6 Å². The third-order valence-corrected chi connectivity index (χ3v) is 7.13. The van der Waals surface area contributed by atoms with Gasteiger partial charge in [0.15, 0.2) is 5.78 Å². The molecule has 1 atom stereocenters. The van der Waals surface area contributed by atoms with Gasteiger partial charge in [-0.15, -0.1) is 4.83 Å². The molecule has 0 radical (unpaired) electrons. The van der Waals surface area contributed by atoms with E-state index in [4.69, 9.17) is 4.74 Å². The summed E-state index contributed by atoms with van der Waals surface area (Å²) in [4.78, 5) is 14.5. The lowest BCUT2D eigenvalue weighted by molar-refractivity contribution is 0.0967. The standard InChI is InChI=1S/C23H27FN2O4S/c24-20-4-1-5-22(15-20)31(28,29)25-26-13-12-17(16-26)3-2-14-30-21-10-8-19(9-11-21)23(27)18-6-7-18/h1,4-5,8-11,15,17-18,25H,2-3,6-7,12-14,16H2/t17-/m1/s1. The number of ketones is 1. The molecule has 0 spiro atoms. The lowest BCUT2D eigenvalue weighted by Gasteiger charge is -2.17. The van der Waals surface area contributed by atoms with Gasteiger partial charge in [-0.05, 0) is 80.5 Å². The molecule has 2 aliphatic rings. The minimum Gasteiger partial charge on any atom is -0.494 e. The van der Waals surface area contributed by atoms with Crippen LogP contribution in [0.25, 0.3) is 0 Å². The molecule has 0 aromatic heterocycles. The largest absolute Gasteiger partial charge is 0.494 e. The number of nitrogens with one attached hydrogen (secondary N) is 1. The number of benzene rings is 2. The molecular weight excluding hydrogens is 419 g/mol. The van der Waals surface area contributed by atoms with Crippen LogP contribution in [0.1, 0.15) is 42.5 Å². The van der Waals surface area contributed by atoms with Gasteiger partial charge in [-0.3, -0.25) is 4.79 Å². The van der Waals surface area contributed by atoms with Crippen molar-refractivity contribution in [2.75, 3.05) is 19.7 Å². The Kier molecular flexibility index (Phi) is 6.69. The maximum absolute atomic E-state index is 13.3. The smallest absolute Gasteiger partial charge is 0.253 e. The number of carbonyl (C=O) groups is 1. The molecule has 1 heterocycles. The molecule has 31 heavy (non-hydrogen) atoms. The van der Waals surface area contributed by atoms with Gasteiger partial charge in [-0.1, -0.05) is 6.07 Å². The molecular formula is C23H27FN2O4S. The number of rotatable bonds is 10. The summed E-state index contributed by atoms with van der Waals surface area (Å²) in [5.74, 6) is 0.994. The Morgan fingerprint density at radius 2 is 1.90 bits per heavy atom. The zero-order valence-electron chi connectivity index (χ0n) is 17.3. The normalized spacial score (nSPS) is 19.5. The minimum atomic E-state index is -3.77. The number of carbonyl (C=O) groups excluding carboxylic acids is 1. The van der Waals surface area contributed by atoms with E-state index in [1.165, 1.54) is 18.2 Å². The fourth-order valence-electron chi connectivity index (χ4n) is 3.87. The Balaban J connectivity index is 1.17. The lowest BCUT2D eigenvalue weighted by Crippen LogP contribution is -2.40. The second-order valence-electron chi connectivity index (χ2n) is 8.31. The van der Waals surface area contributed by atoms with E-state index in [2.05, 4.69) is 4.83 Å². The topological polar surface area (TPSA) is 75.7 Å². The molecule has 1 saturated carbocycles. The van der Waals surface area contributed by atoms with Crippen molar-refractivity contribution < 1.29 is 22.3 Å². The van der Waals surface area contributed by atoms with Crippen molar-refractivity contribution in [3.8, 4) is 5.75 Å². The Morgan fingerprint density at radius 3 is 2.61 bits per heavy atom. The van der Waals surface area contributed by atoms with Crippen molar-refractivity contribution in [1.29, 1.82) is 0 Å². The summed E-state index contributed by atoms with van der Waals surface area (Å²) in [5.41, 5.74) is 0.751. The third-order valence-electron chi connectivity index (χ3n) is 5.75. The number of ether oxygens (including phenoxy) is 1. The molecule has 0 amide bonds. The minimum absolute atomic E-state index is 0.0748. The molecule has 1 aliphatic carbocycles. The molecule has 1 saturated heterocycles. The van der Waals surface area contributed by atoms with Crippen LogP contribution in [-0.2, 0) is 10.0 Å². The number of Topliss-reactive ketones (excluding diaryl/α,β-unsaturated/α-hetero) is 1. The Morgan fingerprint density at radius 1 is 1.13 bits per heavy atom. The molecule has 6 nitrogen and oxygen atoms in total. The van der Waals surface area contributed by atoms with Gasteiger partial charge in [0, 0.05) is 24.6 Å². The number of nitrogens with zero attached hydrogens (tertiary/aromatic N) is 1. The SMILES string of the molecule is O=C(c1ccc(OCCC[C@@H]2CCN(NS(=O)(=O)c3cccc(F)c3)C2)cc1)C1CC1. The number of hydrogen-bond acceptors (Lipinski definition) is 5. The zero-order chi connectivity index (χ0) is 21.8. The van der Waals surface area contributed by atoms with E-state index < -0.39 is 15.8 Å². The second kappa shape index (κ2) is 9.46. The molecule has 166 valence electrons. The van der Waals surface area contributed by atoms with E-state index in [0.717, 1.165) is 49.5 Å². The maximum atomic E-state index is 13.3. The second-order valence-corrected chi connectivity index (χ2v) is 9.97. The number of hydrogen-bond donors (Lipinski definition) is 1. The highest BCUT2D eigenvalue weighted by atomic mass is 32.2. The first-order valence-corrected chi connectivity index (χ1v) is 12.2. The average Bonchev–Trinajstić information content (AvgIpc) is 3.52. The lowest BCUT2D eigenvalue weighted by atomic mass is 10.0. The summed E-state index contributed by atoms with van der Waals surface area (Å²) in [6.45, 7) is 1.81. The summed E-state index contributed by atoms with van der Waals surface area (Å²) in [7, 11) is -3.77. The average molecular weight is 447 g/mol. The van der Waals surface area contributed by atoms with Crippen LogP contribution in [0.4, 0.5) is 4.39 Å². The van der Waals surface area contributed by atoms with Crippen LogP contribution in [0.2, 0.25) is 0 Å². The number of hydrazine groups is 1. The third kappa shape index (κ3) is 5.90. The van der Waals surface area contributed by atoms with E-state index >= 15 is 0 Å². The van der Waals surface area contributed by atoms with Crippen molar-refractivity contribution in [2.45, 2.75) is 37.0 Å². The first-order chi connectivity index (χ1) is 14.9. The Hall–Kier alpha value is -2.29. The van der Waals surface area contributed by atoms with Gasteiger partial charge in [0.05, 0.1) is 11.5 Å². The van der Waals surface area contributed by atoms with Gasteiger partial charge >= 0.3 is 0 Å². The quantitative estimate of drug-likeness (QED) is 0.444. The van der Waals surface area contributed by atoms with Crippen LogP contribution in [-0.4, -0.2) is 38.9 Å². The molecule has 1 N–H and O–H groups in total. The summed E-state index contributed by atoms with van der Waals surface area (Å²) < 4.78 is 43.9. The number of sulfonamides is 1. The predicted molar refractivity (Wildman–Crippen MR) is 115 cm³/mol. The highest BCUT2D eigenvalue weighted by Crippen LogP contribution is 2.33. The van der Waals surface area contributed by atoms with Crippen LogP contribution in [0, 0.1) is 17.7 Å². The van der Waals surface area contributed by atoms with Crippen LogP contribution >= 0.6 is 0 Å². The predicted octanol–water partition coefficient (Wildman–Crippen LogP) is 3.79. The highest BCUT2D eigenvalue weighted by molar-refractivity contribution is 7.89.